The third-order valence-electron chi connectivity index (χ3n) is 1.57. The smallest absolute Gasteiger partial charge is 0.241 e. The van der Waals surface area contributed by atoms with Crippen LogP contribution in [0.15, 0.2) is 27.5 Å². The van der Waals surface area contributed by atoms with E-state index in [0.29, 0.717) is 11.7 Å². The average molecular weight is 275 g/mol. The van der Waals surface area contributed by atoms with Crippen LogP contribution in [0.1, 0.15) is 5.89 Å². The molecule has 0 saturated heterocycles. The van der Waals surface area contributed by atoms with E-state index in [1.54, 1.807) is 6.20 Å². The highest BCUT2D eigenvalue weighted by molar-refractivity contribution is 9.10. The molecular weight excluding hydrogens is 269 g/mol. The molecule has 72 valence electrons. The molecule has 0 N–H and O–H groups in total. The Morgan fingerprint density at radius 3 is 2.86 bits per heavy atom. The topological polar surface area (TPSA) is 51.8 Å². The predicted octanol–water partition coefficient (Wildman–Crippen LogP) is 2.63. The van der Waals surface area contributed by atoms with Gasteiger partial charge in [0, 0.05) is 11.8 Å². The van der Waals surface area contributed by atoms with Crippen molar-refractivity contribution in [3.63, 3.8) is 0 Å². The van der Waals surface area contributed by atoms with Gasteiger partial charge in [0.05, 0.1) is 0 Å². The first-order valence-corrected chi connectivity index (χ1v) is 5.13. The molecule has 0 atom stereocenters. The van der Waals surface area contributed by atoms with Gasteiger partial charge in [0.1, 0.15) is 10.5 Å². The monoisotopic (exact) mass is 273 g/mol. The maximum absolute atomic E-state index is 5.53. The van der Waals surface area contributed by atoms with E-state index < -0.39 is 0 Å². The second kappa shape index (κ2) is 4.06. The van der Waals surface area contributed by atoms with E-state index in [2.05, 4.69) is 31.1 Å². The number of aromatic nitrogens is 3. The molecule has 0 radical (unpaired) electrons. The second-order valence-corrected chi connectivity index (χ2v) is 3.59. The highest BCUT2D eigenvalue weighted by atomic mass is 79.9. The lowest BCUT2D eigenvalue weighted by atomic mass is 10.3. The number of pyridine rings is 1. The van der Waals surface area contributed by atoms with Crippen molar-refractivity contribution in [1.82, 2.24) is 15.1 Å². The summed E-state index contributed by atoms with van der Waals surface area (Å²) in [6.45, 7) is 0. The van der Waals surface area contributed by atoms with Crippen LogP contribution in [-0.2, 0) is 5.88 Å². The third kappa shape index (κ3) is 1.93. The van der Waals surface area contributed by atoms with Crippen molar-refractivity contribution in [2.45, 2.75) is 5.88 Å². The van der Waals surface area contributed by atoms with E-state index >= 15 is 0 Å². The van der Waals surface area contributed by atoms with Crippen LogP contribution in [0.3, 0.4) is 0 Å². The van der Waals surface area contributed by atoms with Gasteiger partial charge in [-0.15, -0.1) is 11.6 Å². The fourth-order valence-corrected chi connectivity index (χ4v) is 1.28. The van der Waals surface area contributed by atoms with Crippen molar-refractivity contribution >= 4 is 27.5 Å². The Balaban J connectivity index is 2.34. The summed E-state index contributed by atoms with van der Waals surface area (Å²) in [6.07, 6.45) is 1.66. The molecular formula is C8H5BrClN3O. The maximum atomic E-state index is 5.53. The molecule has 0 fully saturated rings. The largest absolute Gasteiger partial charge is 0.338 e. The summed E-state index contributed by atoms with van der Waals surface area (Å²) in [6, 6.07) is 3.66. The fraction of sp³-hybridized carbons (Fsp3) is 0.125. The molecule has 0 spiro atoms. The number of rotatable bonds is 2. The quantitative estimate of drug-likeness (QED) is 0.624. The molecule has 2 rings (SSSR count). The van der Waals surface area contributed by atoms with Gasteiger partial charge in [-0.2, -0.15) is 4.98 Å². The van der Waals surface area contributed by atoms with Gasteiger partial charge in [-0.1, -0.05) is 5.16 Å². The van der Waals surface area contributed by atoms with Crippen molar-refractivity contribution in [2.75, 3.05) is 0 Å². The second-order valence-electron chi connectivity index (χ2n) is 2.51. The maximum Gasteiger partial charge on any atom is 0.241 e. The minimum absolute atomic E-state index is 0.219. The SMILES string of the molecule is ClCc1nc(-c2ccc(Br)nc2)no1. The molecule has 0 saturated carbocycles. The third-order valence-corrected chi connectivity index (χ3v) is 2.27. The van der Waals surface area contributed by atoms with E-state index in [1.807, 2.05) is 12.1 Å². The van der Waals surface area contributed by atoms with Crippen molar-refractivity contribution in [1.29, 1.82) is 0 Å². The first-order valence-electron chi connectivity index (χ1n) is 3.80. The molecule has 0 unspecified atom stereocenters. The van der Waals surface area contributed by atoms with Gasteiger partial charge >= 0.3 is 0 Å². The Morgan fingerprint density at radius 1 is 1.43 bits per heavy atom. The first kappa shape index (κ1) is 9.61. The molecule has 0 aromatic carbocycles. The van der Waals surface area contributed by atoms with Crippen LogP contribution in [0.25, 0.3) is 11.4 Å². The lowest BCUT2D eigenvalue weighted by Gasteiger charge is -1.92. The van der Waals surface area contributed by atoms with Crippen LogP contribution in [0, 0.1) is 0 Å². The van der Waals surface area contributed by atoms with Gasteiger partial charge in [-0.05, 0) is 28.1 Å². The molecule has 2 aromatic rings. The molecule has 2 aromatic heterocycles. The van der Waals surface area contributed by atoms with Crippen molar-refractivity contribution in [2.24, 2.45) is 0 Å². The Kier molecular flexibility index (Phi) is 2.79. The van der Waals surface area contributed by atoms with Crippen molar-refractivity contribution in [3.8, 4) is 11.4 Å². The number of nitrogens with zero attached hydrogens (tertiary/aromatic N) is 3. The Bertz CT molecular complexity index is 428. The molecule has 2 heterocycles. The van der Waals surface area contributed by atoms with E-state index in [4.69, 9.17) is 16.1 Å². The molecule has 0 amide bonds. The van der Waals surface area contributed by atoms with Crippen LogP contribution in [0.4, 0.5) is 0 Å². The van der Waals surface area contributed by atoms with Gasteiger partial charge in [-0.25, -0.2) is 4.98 Å². The van der Waals surface area contributed by atoms with Crippen molar-refractivity contribution in [3.05, 3.63) is 28.8 Å². The summed E-state index contributed by atoms with van der Waals surface area (Å²) in [7, 11) is 0. The van der Waals surface area contributed by atoms with Crippen LogP contribution in [0.5, 0.6) is 0 Å². The standard InChI is InChI=1S/C8H5BrClN3O/c9-6-2-1-5(4-11-6)8-12-7(3-10)14-13-8/h1-2,4H,3H2. The lowest BCUT2D eigenvalue weighted by Crippen LogP contribution is -1.83. The van der Waals surface area contributed by atoms with E-state index in [-0.39, 0.29) is 5.88 Å². The minimum Gasteiger partial charge on any atom is -0.338 e. The first-order chi connectivity index (χ1) is 6.79. The van der Waals surface area contributed by atoms with Crippen LogP contribution in [0.2, 0.25) is 0 Å². The number of hydrogen-bond acceptors (Lipinski definition) is 4. The Hall–Kier alpha value is -0.940. The summed E-state index contributed by atoms with van der Waals surface area (Å²) in [4.78, 5) is 8.12. The Labute approximate surface area is 93.4 Å². The highest BCUT2D eigenvalue weighted by Gasteiger charge is 2.07. The van der Waals surface area contributed by atoms with Crippen LogP contribution < -0.4 is 0 Å². The molecule has 0 aliphatic heterocycles. The molecule has 4 nitrogen and oxygen atoms in total. The average Bonchev–Trinajstić information content (AvgIpc) is 2.67. The van der Waals surface area contributed by atoms with Gasteiger partial charge in [0.2, 0.25) is 11.7 Å². The summed E-state index contributed by atoms with van der Waals surface area (Å²) < 4.78 is 5.63. The number of hydrogen-bond donors (Lipinski definition) is 0. The zero-order valence-electron chi connectivity index (χ0n) is 6.94. The molecule has 14 heavy (non-hydrogen) atoms. The van der Waals surface area contributed by atoms with Crippen molar-refractivity contribution < 1.29 is 4.52 Å². The lowest BCUT2D eigenvalue weighted by molar-refractivity contribution is 0.391. The van der Waals surface area contributed by atoms with E-state index in [9.17, 15) is 0 Å². The Morgan fingerprint density at radius 2 is 2.29 bits per heavy atom. The van der Waals surface area contributed by atoms with Gasteiger partial charge < -0.3 is 4.52 Å². The summed E-state index contributed by atoms with van der Waals surface area (Å²) >= 11 is 8.77. The number of alkyl halides is 1. The van der Waals surface area contributed by atoms with Gasteiger partial charge in [-0.3, -0.25) is 0 Å². The normalized spacial score (nSPS) is 10.4. The summed E-state index contributed by atoms with van der Waals surface area (Å²) in [5.74, 6) is 1.13. The zero-order valence-corrected chi connectivity index (χ0v) is 9.29. The predicted molar refractivity (Wildman–Crippen MR) is 54.8 cm³/mol. The molecule has 0 aliphatic rings. The molecule has 6 heteroatoms. The number of halogens is 2. The van der Waals surface area contributed by atoms with E-state index in [0.717, 1.165) is 10.2 Å². The van der Waals surface area contributed by atoms with E-state index in [1.165, 1.54) is 0 Å². The summed E-state index contributed by atoms with van der Waals surface area (Å²) in [5, 5.41) is 3.76. The fourth-order valence-electron chi connectivity index (χ4n) is 0.934. The highest BCUT2D eigenvalue weighted by Crippen LogP contribution is 2.16. The molecule has 0 aliphatic carbocycles. The van der Waals surface area contributed by atoms with Crippen LogP contribution in [-0.4, -0.2) is 15.1 Å². The summed E-state index contributed by atoms with van der Waals surface area (Å²) in [5.41, 5.74) is 0.799. The van der Waals surface area contributed by atoms with Gasteiger partial charge in [0.15, 0.2) is 0 Å². The van der Waals surface area contributed by atoms with Gasteiger partial charge in [0.25, 0.3) is 0 Å². The minimum atomic E-state index is 0.219. The zero-order chi connectivity index (χ0) is 9.97. The molecule has 0 bridgehead atoms. The van der Waals surface area contributed by atoms with Crippen LogP contribution >= 0.6 is 27.5 Å².